The summed E-state index contributed by atoms with van der Waals surface area (Å²) in [6, 6.07) is 6.55. The summed E-state index contributed by atoms with van der Waals surface area (Å²) in [5.74, 6) is -1.55. The van der Waals surface area contributed by atoms with Gasteiger partial charge < -0.3 is 29.3 Å². The zero-order valence-electron chi connectivity index (χ0n) is 26.6. The molecule has 5 rings (SSSR count). The number of hydrogen-bond donors (Lipinski definition) is 1. The van der Waals surface area contributed by atoms with E-state index in [1.54, 1.807) is 22.0 Å². The molecule has 3 heterocycles. The number of amides is 3. The van der Waals surface area contributed by atoms with Crippen LogP contribution in [0.15, 0.2) is 49.6 Å². The fourth-order valence-corrected chi connectivity index (χ4v) is 8.49. The van der Waals surface area contributed by atoms with E-state index in [0.29, 0.717) is 37.4 Å². The molecule has 1 aromatic rings. The SMILES string of the molecule is C=CCN(C(=O)[C@H]1[C@H]2C(=O)N(CCCO)C(C(=O)N(CC=C)C3CCCCC3)C23CC(C)[C@]1(C)O3)c1ccc(OCC)cc1. The van der Waals surface area contributed by atoms with Gasteiger partial charge in [-0.1, -0.05) is 38.3 Å². The maximum atomic E-state index is 14.7. The Balaban J connectivity index is 1.56. The molecule has 3 unspecified atom stereocenters. The number of likely N-dealkylation sites (tertiary alicyclic amines) is 1. The molecule has 6 atom stereocenters. The van der Waals surface area contributed by atoms with Crippen LogP contribution in [-0.2, 0) is 19.1 Å². The van der Waals surface area contributed by atoms with Crippen molar-refractivity contribution in [3.63, 3.8) is 0 Å². The zero-order chi connectivity index (χ0) is 31.6. The first-order valence-electron chi connectivity index (χ1n) is 16.4. The van der Waals surface area contributed by atoms with E-state index in [1.807, 2.05) is 43.0 Å². The van der Waals surface area contributed by atoms with Gasteiger partial charge in [-0.25, -0.2) is 0 Å². The first kappa shape index (κ1) is 32.2. The van der Waals surface area contributed by atoms with Crippen molar-refractivity contribution in [3.05, 3.63) is 49.6 Å². The van der Waals surface area contributed by atoms with Crippen LogP contribution in [0.2, 0.25) is 0 Å². The lowest BCUT2D eigenvalue weighted by molar-refractivity contribution is -0.154. The lowest BCUT2D eigenvalue weighted by Crippen LogP contribution is -2.58. The zero-order valence-corrected chi connectivity index (χ0v) is 26.6. The predicted octanol–water partition coefficient (Wildman–Crippen LogP) is 4.34. The molecule has 3 aliphatic heterocycles. The molecular formula is C35H49N3O6. The van der Waals surface area contributed by atoms with Gasteiger partial charge in [0.05, 0.1) is 24.0 Å². The van der Waals surface area contributed by atoms with Crippen LogP contribution in [0.5, 0.6) is 5.75 Å². The summed E-state index contributed by atoms with van der Waals surface area (Å²) in [6.07, 6.45) is 9.39. The number of fused-ring (bicyclic) bond motifs is 1. The van der Waals surface area contributed by atoms with E-state index in [2.05, 4.69) is 20.1 Å². The Hall–Kier alpha value is -3.17. The Morgan fingerprint density at radius 3 is 2.41 bits per heavy atom. The average molecular weight is 608 g/mol. The number of ether oxygens (including phenoxy) is 2. The van der Waals surface area contributed by atoms with Crippen LogP contribution in [-0.4, -0.2) is 88.8 Å². The number of aliphatic hydroxyl groups is 1. The molecule has 0 radical (unpaired) electrons. The molecule has 240 valence electrons. The van der Waals surface area contributed by atoms with Crippen molar-refractivity contribution in [2.45, 2.75) is 89.0 Å². The summed E-state index contributed by atoms with van der Waals surface area (Å²) in [7, 11) is 0. The van der Waals surface area contributed by atoms with Crippen molar-refractivity contribution in [2.24, 2.45) is 17.8 Å². The molecule has 3 amide bonds. The van der Waals surface area contributed by atoms with Gasteiger partial charge in [0.15, 0.2) is 0 Å². The summed E-state index contributed by atoms with van der Waals surface area (Å²) in [5, 5.41) is 9.75. The molecule has 9 nitrogen and oxygen atoms in total. The van der Waals surface area contributed by atoms with Gasteiger partial charge >= 0.3 is 0 Å². The van der Waals surface area contributed by atoms with Crippen LogP contribution in [0, 0.1) is 17.8 Å². The lowest BCUT2D eigenvalue weighted by Gasteiger charge is -2.41. The highest BCUT2D eigenvalue weighted by Crippen LogP contribution is 2.65. The number of anilines is 1. The number of nitrogens with zero attached hydrogens (tertiary/aromatic N) is 3. The molecule has 44 heavy (non-hydrogen) atoms. The minimum absolute atomic E-state index is 0.0676. The van der Waals surface area contributed by atoms with Crippen molar-refractivity contribution >= 4 is 23.4 Å². The third-order valence-electron chi connectivity index (χ3n) is 10.5. The maximum Gasteiger partial charge on any atom is 0.248 e. The highest BCUT2D eigenvalue weighted by atomic mass is 16.5. The largest absolute Gasteiger partial charge is 0.494 e. The van der Waals surface area contributed by atoms with Gasteiger partial charge in [0.25, 0.3) is 0 Å². The summed E-state index contributed by atoms with van der Waals surface area (Å²) in [6.45, 7) is 15.0. The fraction of sp³-hybridized carbons (Fsp3) is 0.629. The third-order valence-corrected chi connectivity index (χ3v) is 10.5. The second-order valence-corrected chi connectivity index (χ2v) is 13.0. The normalized spacial score (nSPS) is 31.1. The molecule has 1 spiro atoms. The first-order valence-corrected chi connectivity index (χ1v) is 16.4. The highest BCUT2D eigenvalue weighted by molar-refractivity contribution is 6.03. The van der Waals surface area contributed by atoms with Gasteiger partial charge in [-0.3, -0.25) is 14.4 Å². The smallest absolute Gasteiger partial charge is 0.248 e. The maximum absolute atomic E-state index is 14.7. The Kier molecular flexibility index (Phi) is 9.56. The van der Waals surface area contributed by atoms with Crippen molar-refractivity contribution in [2.75, 3.05) is 37.7 Å². The molecular weight excluding hydrogens is 558 g/mol. The molecule has 2 bridgehead atoms. The average Bonchev–Trinajstić information content (AvgIpc) is 3.54. The Morgan fingerprint density at radius 1 is 1.11 bits per heavy atom. The van der Waals surface area contributed by atoms with Crippen molar-refractivity contribution in [1.29, 1.82) is 0 Å². The molecule has 0 aromatic heterocycles. The van der Waals surface area contributed by atoms with Crippen molar-refractivity contribution in [3.8, 4) is 5.75 Å². The van der Waals surface area contributed by atoms with Crippen LogP contribution in [0.1, 0.15) is 65.7 Å². The van der Waals surface area contributed by atoms with Gasteiger partial charge in [-0.2, -0.15) is 0 Å². The minimum atomic E-state index is -1.13. The van der Waals surface area contributed by atoms with Crippen LogP contribution in [0.4, 0.5) is 5.69 Å². The van der Waals surface area contributed by atoms with Gasteiger partial charge in [-0.15, -0.1) is 13.2 Å². The topological polar surface area (TPSA) is 99.6 Å². The monoisotopic (exact) mass is 607 g/mol. The number of carbonyl (C=O) groups is 3. The Morgan fingerprint density at radius 2 is 1.80 bits per heavy atom. The lowest BCUT2D eigenvalue weighted by atomic mass is 9.62. The number of benzene rings is 1. The molecule has 1 aromatic carbocycles. The first-order chi connectivity index (χ1) is 21.2. The summed E-state index contributed by atoms with van der Waals surface area (Å²) in [5.41, 5.74) is -1.39. The van der Waals surface area contributed by atoms with E-state index in [1.165, 1.54) is 0 Å². The van der Waals surface area contributed by atoms with Gasteiger partial charge in [-0.05, 0) is 69.7 Å². The van der Waals surface area contributed by atoms with E-state index in [-0.39, 0.29) is 49.4 Å². The molecule has 9 heteroatoms. The molecule has 1 N–H and O–H groups in total. The molecule has 4 fully saturated rings. The van der Waals surface area contributed by atoms with Crippen molar-refractivity contribution in [1.82, 2.24) is 9.80 Å². The quantitative estimate of drug-likeness (QED) is 0.335. The fourth-order valence-electron chi connectivity index (χ4n) is 8.49. The molecule has 4 aliphatic rings. The standard InChI is InChI=1S/C35H49N3O6/c1-6-19-36(26-15-17-27(18-16-26)43-8-3)31(40)28-29-32(41)38(21-12-22-39)30(35(29)23-24(4)34(28,5)44-35)33(42)37(20-7-2)25-13-10-9-11-14-25/h6-7,15-18,24-25,28-30,39H,1-2,8-14,19-23H2,3-5H3/t24?,28-,29+,30?,34+,35?/m1/s1. The van der Waals surface area contributed by atoms with Crippen LogP contribution in [0.25, 0.3) is 0 Å². The van der Waals surface area contributed by atoms with Crippen LogP contribution in [0.3, 0.4) is 0 Å². The number of hydrogen-bond acceptors (Lipinski definition) is 6. The Labute approximate surface area is 261 Å². The second kappa shape index (κ2) is 13.1. The summed E-state index contributed by atoms with van der Waals surface area (Å²) < 4.78 is 12.6. The van der Waals surface area contributed by atoms with Gasteiger partial charge in [0.1, 0.15) is 17.4 Å². The van der Waals surface area contributed by atoms with E-state index < -0.39 is 29.1 Å². The second-order valence-electron chi connectivity index (χ2n) is 13.0. The van der Waals surface area contributed by atoms with Crippen LogP contribution < -0.4 is 9.64 Å². The van der Waals surface area contributed by atoms with E-state index in [4.69, 9.17) is 9.47 Å². The van der Waals surface area contributed by atoms with E-state index in [9.17, 15) is 19.5 Å². The number of carbonyl (C=O) groups excluding carboxylic acids is 3. The predicted molar refractivity (Wildman–Crippen MR) is 169 cm³/mol. The number of aliphatic hydroxyl groups excluding tert-OH is 1. The minimum Gasteiger partial charge on any atom is -0.494 e. The molecule has 3 saturated heterocycles. The number of rotatable bonds is 13. The highest BCUT2D eigenvalue weighted by Gasteiger charge is 2.80. The third kappa shape index (κ3) is 5.26. The van der Waals surface area contributed by atoms with E-state index >= 15 is 0 Å². The van der Waals surface area contributed by atoms with E-state index in [0.717, 1.165) is 32.1 Å². The van der Waals surface area contributed by atoms with Gasteiger partial charge in [0.2, 0.25) is 17.7 Å². The molecule has 1 aliphatic carbocycles. The molecule has 1 saturated carbocycles. The van der Waals surface area contributed by atoms with Crippen molar-refractivity contribution < 1.29 is 29.0 Å². The summed E-state index contributed by atoms with van der Waals surface area (Å²) in [4.78, 5) is 49.1. The van der Waals surface area contributed by atoms with Crippen LogP contribution >= 0.6 is 0 Å². The van der Waals surface area contributed by atoms with Gasteiger partial charge in [0, 0.05) is 38.0 Å². The summed E-state index contributed by atoms with van der Waals surface area (Å²) >= 11 is 0. The Bertz CT molecular complexity index is 1250.